The van der Waals surface area contributed by atoms with Crippen LogP contribution in [0.1, 0.15) is 56.4 Å². The Morgan fingerprint density at radius 2 is 1.09 bits per heavy atom. The molecule has 23 heavy (non-hydrogen) atoms. The summed E-state index contributed by atoms with van der Waals surface area (Å²) >= 11 is 0. The first-order chi connectivity index (χ1) is 11.0. The van der Waals surface area contributed by atoms with Gasteiger partial charge in [-0.25, -0.2) is 0 Å². The summed E-state index contributed by atoms with van der Waals surface area (Å²) in [5, 5.41) is 36.8. The van der Waals surface area contributed by atoms with Crippen molar-refractivity contribution in [2.45, 2.75) is 45.3 Å². The van der Waals surface area contributed by atoms with E-state index in [1.807, 2.05) is 13.8 Å². The highest BCUT2D eigenvalue weighted by atomic mass is 16.3. The van der Waals surface area contributed by atoms with Crippen molar-refractivity contribution in [1.82, 2.24) is 0 Å². The lowest BCUT2D eigenvalue weighted by Gasteiger charge is -2.08. The highest BCUT2D eigenvalue weighted by Gasteiger charge is 2.04. The molecule has 126 valence electrons. The summed E-state index contributed by atoms with van der Waals surface area (Å²) in [6.07, 6.45) is 1.63. The summed E-state index contributed by atoms with van der Waals surface area (Å²) in [6, 6.07) is 13.3. The zero-order valence-corrected chi connectivity index (χ0v) is 13.7. The van der Waals surface area contributed by atoms with Gasteiger partial charge in [0, 0.05) is 0 Å². The van der Waals surface area contributed by atoms with Gasteiger partial charge >= 0.3 is 0 Å². The maximum Gasteiger partial charge on any atom is 0.115 e. The van der Waals surface area contributed by atoms with Gasteiger partial charge in [0.15, 0.2) is 0 Å². The Morgan fingerprint density at radius 3 is 1.43 bits per heavy atom. The fraction of sp³-hybridized carbons (Fsp3) is 0.368. The maximum atomic E-state index is 9.53. The van der Waals surface area contributed by atoms with E-state index in [-0.39, 0.29) is 11.5 Å². The van der Waals surface area contributed by atoms with Gasteiger partial charge in [0.25, 0.3) is 0 Å². The van der Waals surface area contributed by atoms with E-state index in [2.05, 4.69) is 0 Å². The number of aliphatic hydroxyl groups is 2. The van der Waals surface area contributed by atoms with Gasteiger partial charge in [0.2, 0.25) is 0 Å². The number of hydrogen-bond donors (Lipinski definition) is 4. The molecule has 2 aromatic rings. The predicted octanol–water partition coefficient (Wildman–Crippen LogP) is 4.06. The number of phenols is 2. The van der Waals surface area contributed by atoms with Crippen molar-refractivity contribution in [1.29, 1.82) is 0 Å². The van der Waals surface area contributed by atoms with Crippen LogP contribution in [0.5, 0.6) is 11.5 Å². The second-order valence-corrected chi connectivity index (χ2v) is 5.41. The van der Waals surface area contributed by atoms with Crippen LogP contribution in [0.4, 0.5) is 0 Å². The normalized spacial score (nSPS) is 12.9. The molecule has 0 saturated carbocycles. The van der Waals surface area contributed by atoms with Crippen LogP contribution in [0.2, 0.25) is 0 Å². The molecule has 0 amide bonds. The van der Waals surface area contributed by atoms with E-state index in [1.54, 1.807) is 48.5 Å². The molecule has 0 radical (unpaired) electrons. The van der Waals surface area contributed by atoms with Gasteiger partial charge in [-0.1, -0.05) is 44.5 Å². The van der Waals surface area contributed by atoms with E-state index >= 15 is 0 Å². The molecule has 0 aromatic heterocycles. The molecule has 2 unspecified atom stereocenters. The quantitative estimate of drug-likeness (QED) is 0.670. The zero-order valence-electron chi connectivity index (χ0n) is 13.7. The van der Waals surface area contributed by atoms with Gasteiger partial charge in [0.05, 0.1) is 12.2 Å². The Hall–Kier alpha value is -2.04. The first-order valence-electron chi connectivity index (χ1n) is 7.91. The third-order valence-corrected chi connectivity index (χ3v) is 3.50. The van der Waals surface area contributed by atoms with E-state index in [0.717, 1.165) is 24.0 Å². The Bertz CT molecular complexity index is 549. The lowest BCUT2D eigenvalue weighted by atomic mass is 10.1. The van der Waals surface area contributed by atoms with Crippen LogP contribution >= 0.6 is 0 Å². The lowest BCUT2D eigenvalue weighted by molar-refractivity contribution is 0.166. The molecule has 0 aliphatic rings. The molecular formula is C19H26O4. The van der Waals surface area contributed by atoms with Crippen LogP contribution in [0.3, 0.4) is 0 Å². The molecule has 0 aliphatic heterocycles. The SMILES string of the molecule is CCC(O)c1ccc(O)cc1.CCCC(O)c1ccc(O)cc1. The van der Waals surface area contributed by atoms with Crippen molar-refractivity contribution < 1.29 is 20.4 Å². The second-order valence-electron chi connectivity index (χ2n) is 5.41. The molecule has 2 atom stereocenters. The molecule has 4 heteroatoms. The van der Waals surface area contributed by atoms with Crippen LogP contribution in [-0.2, 0) is 0 Å². The van der Waals surface area contributed by atoms with Gasteiger partial charge in [-0.15, -0.1) is 0 Å². The predicted molar refractivity (Wildman–Crippen MR) is 91.3 cm³/mol. The van der Waals surface area contributed by atoms with E-state index in [0.29, 0.717) is 6.42 Å². The minimum Gasteiger partial charge on any atom is -0.508 e. The van der Waals surface area contributed by atoms with Crippen LogP contribution in [0, 0.1) is 0 Å². The molecule has 0 saturated heterocycles. The summed E-state index contributed by atoms with van der Waals surface area (Å²) in [5.41, 5.74) is 1.72. The molecule has 0 bridgehead atoms. The molecule has 0 fully saturated rings. The van der Waals surface area contributed by atoms with E-state index in [4.69, 9.17) is 10.2 Å². The number of phenolic OH excluding ortho intramolecular Hbond substituents is 2. The molecule has 0 heterocycles. The Morgan fingerprint density at radius 1 is 0.696 bits per heavy atom. The third-order valence-electron chi connectivity index (χ3n) is 3.50. The largest absolute Gasteiger partial charge is 0.508 e. The first-order valence-corrected chi connectivity index (χ1v) is 7.91. The molecule has 4 nitrogen and oxygen atoms in total. The number of rotatable bonds is 5. The topological polar surface area (TPSA) is 80.9 Å². The number of aliphatic hydroxyl groups excluding tert-OH is 2. The van der Waals surface area contributed by atoms with Gasteiger partial charge < -0.3 is 20.4 Å². The fourth-order valence-corrected chi connectivity index (χ4v) is 2.07. The minimum absolute atomic E-state index is 0.233. The highest BCUT2D eigenvalue weighted by molar-refractivity contribution is 5.27. The van der Waals surface area contributed by atoms with Crippen molar-refractivity contribution in [3.63, 3.8) is 0 Å². The van der Waals surface area contributed by atoms with Gasteiger partial charge in [0.1, 0.15) is 11.5 Å². The van der Waals surface area contributed by atoms with Crippen LogP contribution in [0.25, 0.3) is 0 Å². The van der Waals surface area contributed by atoms with Gasteiger partial charge in [-0.2, -0.15) is 0 Å². The van der Waals surface area contributed by atoms with E-state index in [9.17, 15) is 10.2 Å². The fourth-order valence-electron chi connectivity index (χ4n) is 2.07. The van der Waals surface area contributed by atoms with E-state index < -0.39 is 12.2 Å². The smallest absolute Gasteiger partial charge is 0.115 e. The number of benzene rings is 2. The number of hydrogen-bond acceptors (Lipinski definition) is 4. The summed E-state index contributed by atoms with van der Waals surface area (Å²) in [7, 11) is 0. The Kier molecular flexibility index (Phi) is 8.16. The maximum absolute atomic E-state index is 9.53. The number of aromatic hydroxyl groups is 2. The van der Waals surface area contributed by atoms with Crippen molar-refractivity contribution in [3.8, 4) is 11.5 Å². The summed E-state index contributed by atoms with van der Waals surface area (Å²) in [4.78, 5) is 0. The summed E-state index contributed by atoms with van der Waals surface area (Å²) in [6.45, 7) is 3.95. The third kappa shape index (κ3) is 6.72. The molecular weight excluding hydrogens is 292 g/mol. The van der Waals surface area contributed by atoms with Crippen molar-refractivity contribution in [2.24, 2.45) is 0 Å². The average molecular weight is 318 g/mol. The van der Waals surface area contributed by atoms with Crippen molar-refractivity contribution in [2.75, 3.05) is 0 Å². The second kappa shape index (κ2) is 9.87. The Labute approximate surface area is 137 Å². The lowest BCUT2D eigenvalue weighted by Crippen LogP contribution is -1.95. The minimum atomic E-state index is -0.407. The van der Waals surface area contributed by atoms with Gasteiger partial charge in [-0.05, 0) is 48.2 Å². The van der Waals surface area contributed by atoms with Crippen molar-refractivity contribution in [3.05, 3.63) is 59.7 Å². The van der Waals surface area contributed by atoms with Crippen LogP contribution < -0.4 is 0 Å². The average Bonchev–Trinajstić information content (AvgIpc) is 2.56. The summed E-state index contributed by atoms with van der Waals surface area (Å²) in [5.74, 6) is 0.472. The van der Waals surface area contributed by atoms with Crippen LogP contribution in [-0.4, -0.2) is 20.4 Å². The van der Waals surface area contributed by atoms with E-state index in [1.165, 1.54) is 0 Å². The Balaban J connectivity index is 0.000000231. The molecule has 2 aromatic carbocycles. The van der Waals surface area contributed by atoms with Crippen LogP contribution in [0.15, 0.2) is 48.5 Å². The monoisotopic (exact) mass is 318 g/mol. The summed E-state index contributed by atoms with van der Waals surface area (Å²) < 4.78 is 0. The standard InChI is InChI=1S/C10H14O2.C9H12O2/c1-2-3-10(12)8-4-6-9(11)7-5-8;1-2-9(11)7-3-5-8(10)6-4-7/h4-7,10-12H,2-3H2,1H3;3-6,9-11H,2H2,1H3. The first kappa shape index (κ1) is 19.0. The molecule has 4 N–H and O–H groups in total. The molecule has 2 rings (SSSR count). The zero-order chi connectivity index (χ0) is 17.2. The molecule has 0 spiro atoms. The molecule has 0 aliphatic carbocycles. The van der Waals surface area contributed by atoms with Crippen molar-refractivity contribution >= 4 is 0 Å². The van der Waals surface area contributed by atoms with Gasteiger partial charge in [-0.3, -0.25) is 0 Å². The highest BCUT2D eigenvalue weighted by Crippen LogP contribution is 2.20.